The van der Waals surface area contributed by atoms with Crippen molar-refractivity contribution in [1.82, 2.24) is 4.57 Å². The second-order valence-corrected chi connectivity index (χ2v) is 4.56. The van der Waals surface area contributed by atoms with E-state index in [0.717, 1.165) is 11.8 Å². The van der Waals surface area contributed by atoms with Gasteiger partial charge in [-0.3, -0.25) is 9.59 Å². The van der Waals surface area contributed by atoms with Crippen LogP contribution in [0.5, 0.6) is 5.75 Å². The van der Waals surface area contributed by atoms with Gasteiger partial charge in [-0.05, 0) is 36.8 Å². The molecule has 1 aromatic carbocycles. The number of carbonyl (C=O) groups excluding carboxylic acids is 2. The minimum Gasteiger partial charge on any atom is -0.506 e. The summed E-state index contributed by atoms with van der Waals surface area (Å²) in [6, 6.07) is 8.47. The Morgan fingerprint density at radius 1 is 1.40 bits per heavy atom. The SMILES string of the molecule is Cc1ccc(O)c(NC(=O)CCn2cccc2C=O)c1. The summed E-state index contributed by atoms with van der Waals surface area (Å²) >= 11 is 0. The molecule has 0 unspecified atom stereocenters. The summed E-state index contributed by atoms with van der Waals surface area (Å²) in [6.45, 7) is 2.30. The number of nitrogens with zero attached hydrogens (tertiary/aromatic N) is 1. The van der Waals surface area contributed by atoms with Crippen LogP contribution in [0.25, 0.3) is 0 Å². The molecule has 5 nitrogen and oxygen atoms in total. The molecule has 2 rings (SSSR count). The van der Waals surface area contributed by atoms with Gasteiger partial charge in [0.15, 0.2) is 6.29 Å². The Hall–Kier alpha value is -2.56. The number of carbonyl (C=O) groups is 2. The molecule has 0 atom stereocenters. The highest BCUT2D eigenvalue weighted by molar-refractivity contribution is 5.92. The molecule has 5 heteroatoms. The molecule has 0 saturated carbocycles. The van der Waals surface area contributed by atoms with E-state index in [-0.39, 0.29) is 18.1 Å². The van der Waals surface area contributed by atoms with E-state index in [1.54, 1.807) is 41.1 Å². The lowest BCUT2D eigenvalue weighted by Crippen LogP contribution is -2.15. The average molecular weight is 272 g/mol. The number of aldehydes is 1. The van der Waals surface area contributed by atoms with E-state index in [1.807, 2.05) is 6.92 Å². The summed E-state index contributed by atoms with van der Waals surface area (Å²) in [6.07, 6.45) is 2.73. The summed E-state index contributed by atoms with van der Waals surface area (Å²) in [4.78, 5) is 22.6. The fourth-order valence-electron chi connectivity index (χ4n) is 1.92. The highest BCUT2D eigenvalue weighted by Crippen LogP contribution is 2.23. The van der Waals surface area contributed by atoms with Crippen LogP contribution < -0.4 is 5.32 Å². The van der Waals surface area contributed by atoms with E-state index >= 15 is 0 Å². The zero-order chi connectivity index (χ0) is 14.5. The third-order valence-corrected chi connectivity index (χ3v) is 2.99. The third-order valence-electron chi connectivity index (χ3n) is 2.99. The standard InChI is InChI=1S/C15H16N2O3/c1-11-4-5-14(19)13(9-11)16-15(20)6-8-17-7-2-3-12(17)10-18/h2-5,7,9-10,19H,6,8H2,1H3,(H,16,20). The summed E-state index contributed by atoms with van der Waals surface area (Å²) in [5.74, 6) is -0.171. The number of benzene rings is 1. The van der Waals surface area contributed by atoms with Crippen molar-refractivity contribution in [2.75, 3.05) is 5.32 Å². The average Bonchev–Trinajstić information content (AvgIpc) is 2.88. The highest BCUT2D eigenvalue weighted by atomic mass is 16.3. The number of anilines is 1. The number of aromatic hydroxyl groups is 1. The largest absolute Gasteiger partial charge is 0.506 e. The fourth-order valence-corrected chi connectivity index (χ4v) is 1.92. The first-order chi connectivity index (χ1) is 9.60. The molecule has 0 fully saturated rings. The lowest BCUT2D eigenvalue weighted by atomic mass is 10.2. The minimum atomic E-state index is -0.212. The first kappa shape index (κ1) is 13.9. The summed E-state index contributed by atoms with van der Waals surface area (Å²) in [7, 11) is 0. The van der Waals surface area contributed by atoms with Gasteiger partial charge in [0.05, 0.1) is 11.4 Å². The molecule has 0 spiro atoms. The highest BCUT2D eigenvalue weighted by Gasteiger charge is 2.08. The van der Waals surface area contributed by atoms with Gasteiger partial charge in [0.2, 0.25) is 5.91 Å². The maximum absolute atomic E-state index is 11.8. The van der Waals surface area contributed by atoms with Crippen LogP contribution in [0.4, 0.5) is 5.69 Å². The number of aryl methyl sites for hydroxylation is 2. The van der Waals surface area contributed by atoms with Crippen LogP contribution in [0, 0.1) is 6.92 Å². The molecular weight excluding hydrogens is 256 g/mol. The van der Waals surface area contributed by atoms with E-state index in [1.165, 1.54) is 0 Å². The molecule has 1 amide bonds. The summed E-state index contributed by atoms with van der Waals surface area (Å²) in [5, 5.41) is 12.3. The molecule has 2 aromatic rings. The maximum Gasteiger partial charge on any atom is 0.226 e. The van der Waals surface area contributed by atoms with Crippen LogP contribution in [-0.4, -0.2) is 21.9 Å². The van der Waals surface area contributed by atoms with Crippen molar-refractivity contribution in [3.8, 4) is 5.75 Å². The molecule has 0 aliphatic rings. The molecule has 0 aliphatic heterocycles. The fraction of sp³-hybridized carbons (Fsp3) is 0.200. The molecule has 0 radical (unpaired) electrons. The van der Waals surface area contributed by atoms with E-state index in [9.17, 15) is 14.7 Å². The van der Waals surface area contributed by atoms with E-state index in [2.05, 4.69) is 5.32 Å². The topological polar surface area (TPSA) is 71.3 Å². The number of rotatable bonds is 5. The van der Waals surface area contributed by atoms with Crippen LogP contribution in [-0.2, 0) is 11.3 Å². The first-order valence-corrected chi connectivity index (χ1v) is 6.30. The molecule has 2 N–H and O–H groups in total. The van der Waals surface area contributed by atoms with Gasteiger partial charge in [-0.2, -0.15) is 0 Å². The predicted molar refractivity (Wildman–Crippen MR) is 75.9 cm³/mol. The molecule has 1 heterocycles. The van der Waals surface area contributed by atoms with Crippen LogP contribution >= 0.6 is 0 Å². The van der Waals surface area contributed by atoms with Crippen molar-refractivity contribution in [2.45, 2.75) is 19.9 Å². The van der Waals surface area contributed by atoms with Crippen LogP contribution in [0.15, 0.2) is 36.5 Å². The van der Waals surface area contributed by atoms with Crippen LogP contribution in [0.1, 0.15) is 22.5 Å². The van der Waals surface area contributed by atoms with Gasteiger partial charge in [-0.15, -0.1) is 0 Å². The summed E-state index contributed by atoms with van der Waals surface area (Å²) < 4.78 is 1.71. The number of aromatic nitrogens is 1. The number of nitrogens with one attached hydrogen (secondary N) is 1. The van der Waals surface area contributed by atoms with Crippen molar-refractivity contribution < 1.29 is 14.7 Å². The van der Waals surface area contributed by atoms with Gasteiger partial charge in [0.25, 0.3) is 0 Å². The minimum absolute atomic E-state index is 0.0403. The second kappa shape index (κ2) is 6.06. The molecule has 1 aromatic heterocycles. The van der Waals surface area contributed by atoms with E-state index in [0.29, 0.717) is 17.9 Å². The van der Waals surface area contributed by atoms with Gasteiger partial charge < -0.3 is 15.0 Å². The maximum atomic E-state index is 11.8. The molecule has 104 valence electrons. The quantitative estimate of drug-likeness (QED) is 0.648. The molecule has 0 aliphatic carbocycles. The molecule has 0 bridgehead atoms. The number of hydrogen-bond donors (Lipinski definition) is 2. The Balaban J connectivity index is 1.96. The van der Waals surface area contributed by atoms with Crippen molar-refractivity contribution in [3.63, 3.8) is 0 Å². The Kier molecular flexibility index (Phi) is 4.20. The van der Waals surface area contributed by atoms with Crippen molar-refractivity contribution >= 4 is 17.9 Å². The van der Waals surface area contributed by atoms with E-state index in [4.69, 9.17) is 0 Å². The van der Waals surface area contributed by atoms with Gasteiger partial charge in [0, 0.05) is 19.2 Å². The third kappa shape index (κ3) is 3.26. The monoisotopic (exact) mass is 272 g/mol. The van der Waals surface area contributed by atoms with Gasteiger partial charge in [-0.1, -0.05) is 6.07 Å². The van der Waals surface area contributed by atoms with E-state index < -0.39 is 0 Å². The number of phenolic OH excluding ortho intramolecular Hbond substituents is 1. The molecular formula is C15H16N2O3. The van der Waals surface area contributed by atoms with Gasteiger partial charge in [0.1, 0.15) is 5.75 Å². The molecule has 20 heavy (non-hydrogen) atoms. The Labute approximate surface area is 116 Å². The predicted octanol–water partition coefficient (Wildman–Crippen LogP) is 2.34. The van der Waals surface area contributed by atoms with Crippen molar-refractivity contribution in [3.05, 3.63) is 47.8 Å². The van der Waals surface area contributed by atoms with Crippen LogP contribution in [0.2, 0.25) is 0 Å². The number of phenols is 1. The Morgan fingerprint density at radius 2 is 2.20 bits per heavy atom. The van der Waals surface area contributed by atoms with Crippen molar-refractivity contribution in [2.24, 2.45) is 0 Å². The van der Waals surface area contributed by atoms with Crippen molar-refractivity contribution in [1.29, 1.82) is 0 Å². The van der Waals surface area contributed by atoms with Crippen LogP contribution in [0.3, 0.4) is 0 Å². The zero-order valence-corrected chi connectivity index (χ0v) is 11.2. The molecule has 0 saturated heterocycles. The Morgan fingerprint density at radius 3 is 2.95 bits per heavy atom. The zero-order valence-electron chi connectivity index (χ0n) is 11.2. The second-order valence-electron chi connectivity index (χ2n) is 4.56. The lowest BCUT2D eigenvalue weighted by molar-refractivity contribution is -0.116. The lowest BCUT2D eigenvalue weighted by Gasteiger charge is -2.09. The number of hydrogen-bond acceptors (Lipinski definition) is 3. The smallest absolute Gasteiger partial charge is 0.226 e. The summed E-state index contributed by atoms with van der Waals surface area (Å²) in [5.41, 5.74) is 1.89. The normalized spacial score (nSPS) is 10.2. The number of amides is 1. The Bertz CT molecular complexity index is 632. The van der Waals surface area contributed by atoms with Gasteiger partial charge >= 0.3 is 0 Å². The first-order valence-electron chi connectivity index (χ1n) is 6.30. The van der Waals surface area contributed by atoms with Gasteiger partial charge in [-0.25, -0.2) is 0 Å².